The van der Waals surface area contributed by atoms with Crippen molar-refractivity contribution in [2.24, 2.45) is 11.8 Å². The van der Waals surface area contributed by atoms with Gasteiger partial charge in [0.05, 0.1) is 6.54 Å². The minimum absolute atomic E-state index is 0. The Morgan fingerprint density at radius 2 is 2.12 bits per heavy atom. The van der Waals surface area contributed by atoms with E-state index in [0.29, 0.717) is 18.3 Å². The third-order valence-electron chi connectivity index (χ3n) is 4.71. The Morgan fingerprint density at radius 3 is 2.80 bits per heavy atom. The highest BCUT2D eigenvalue weighted by Gasteiger charge is 2.22. The third kappa shape index (κ3) is 7.45. The first-order chi connectivity index (χ1) is 11.6. The zero-order valence-electron chi connectivity index (χ0n) is 15.1. The van der Waals surface area contributed by atoms with Gasteiger partial charge in [-0.2, -0.15) is 0 Å². The quantitative estimate of drug-likeness (QED) is 0.694. The summed E-state index contributed by atoms with van der Waals surface area (Å²) in [4.78, 5) is 24.0. The molecule has 0 spiro atoms. The van der Waals surface area contributed by atoms with Gasteiger partial charge in [-0.1, -0.05) is 26.0 Å². The van der Waals surface area contributed by atoms with Gasteiger partial charge in [0.15, 0.2) is 0 Å². The van der Waals surface area contributed by atoms with Crippen molar-refractivity contribution in [1.29, 1.82) is 0 Å². The molecule has 25 heavy (non-hydrogen) atoms. The van der Waals surface area contributed by atoms with E-state index in [1.165, 1.54) is 18.4 Å². The number of nitrogens with one attached hydrogen (secondary N) is 3. The number of amides is 2. The molecule has 1 saturated heterocycles. The van der Waals surface area contributed by atoms with E-state index in [0.717, 1.165) is 25.2 Å². The first kappa shape index (κ1) is 21.5. The van der Waals surface area contributed by atoms with Gasteiger partial charge < -0.3 is 16.0 Å². The van der Waals surface area contributed by atoms with Gasteiger partial charge in [-0.15, -0.1) is 12.4 Å². The molecule has 2 amide bonds. The summed E-state index contributed by atoms with van der Waals surface area (Å²) in [7, 11) is 0. The number of aryl methyl sites for hydroxylation is 1. The molecule has 1 aliphatic heterocycles. The molecule has 0 aromatic heterocycles. The summed E-state index contributed by atoms with van der Waals surface area (Å²) in [6, 6.07) is 7.76. The minimum atomic E-state index is -0.191. The van der Waals surface area contributed by atoms with Crippen LogP contribution < -0.4 is 16.0 Å². The Labute approximate surface area is 156 Å². The Morgan fingerprint density at radius 1 is 1.32 bits per heavy atom. The Kier molecular flexibility index (Phi) is 9.53. The fraction of sp³-hybridized carbons (Fsp3) is 0.579. The van der Waals surface area contributed by atoms with E-state index in [2.05, 4.69) is 29.8 Å². The van der Waals surface area contributed by atoms with Crippen molar-refractivity contribution >= 4 is 29.9 Å². The van der Waals surface area contributed by atoms with Crippen molar-refractivity contribution in [1.82, 2.24) is 10.6 Å². The van der Waals surface area contributed by atoms with Gasteiger partial charge in [-0.25, -0.2) is 0 Å². The fourth-order valence-corrected chi connectivity index (χ4v) is 3.15. The Hall–Kier alpha value is -1.59. The van der Waals surface area contributed by atoms with Gasteiger partial charge in [0, 0.05) is 12.1 Å². The summed E-state index contributed by atoms with van der Waals surface area (Å²) in [5.74, 6) is 0.645. The van der Waals surface area contributed by atoms with Gasteiger partial charge >= 0.3 is 0 Å². The van der Waals surface area contributed by atoms with E-state index in [9.17, 15) is 9.59 Å². The van der Waals surface area contributed by atoms with Crippen LogP contribution in [0.5, 0.6) is 0 Å². The lowest BCUT2D eigenvalue weighted by Gasteiger charge is -2.27. The van der Waals surface area contributed by atoms with Gasteiger partial charge in [-0.3, -0.25) is 9.59 Å². The lowest BCUT2D eigenvalue weighted by molar-refractivity contribution is -0.125. The predicted molar refractivity (Wildman–Crippen MR) is 104 cm³/mol. The maximum atomic E-state index is 12.0. The number of rotatable bonds is 7. The second-order valence-electron chi connectivity index (χ2n) is 6.67. The molecule has 2 atom stereocenters. The average Bonchev–Trinajstić information content (AvgIpc) is 2.61. The van der Waals surface area contributed by atoms with Crippen LogP contribution in [0.1, 0.15) is 38.7 Å². The second-order valence-corrected chi connectivity index (χ2v) is 6.67. The van der Waals surface area contributed by atoms with Crippen LogP contribution in [-0.2, 0) is 16.0 Å². The average molecular weight is 368 g/mol. The van der Waals surface area contributed by atoms with Crippen LogP contribution in [-0.4, -0.2) is 31.4 Å². The third-order valence-corrected chi connectivity index (χ3v) is 4.71. The molecule has 2 unspecified atom stereocenters. The van der Waals surface area contributed by atoms with E-state index >= 15 is 0 Å². The summed E-state index contributed by atoms with van der Waals surface area (Å²) >= 11 is 0. The van der Waals surface area contributed by atoms with Crippen molar-refractivity contribution in [2.45, 2.75) is 39.5 Å². The molecular weight excluding hydrogens is 338 g/mol. The van der Waals surface area contributed by atoms with Crippen LogP contribution in [0.4, 0.5) is 5.69 Å². The zero-order chi connectivity index (χ0) is 17.4. The molecule has 6 heteroatoms. The van der Waals surface area contributed by atoms with E-state index in [4.69, 9.17) is 0 Å². The number of hydrogen-bond acceptors (Lipinski definition) is 3. The second kappa shape index (κ2) is 11.1. The van der Waals surface area contributed by atoms with Gasteiger partial charge in [0.1, 0.15) is 0 Å². The standard InChI is InChI=1S/C19H29N3O2.ClH/c1-3-15-6-4-8-17(11-15)22-19(24)13-21-18(23)10-14(2)16-7-5-9-20-12-16;/h4,6,8,11,14,16,20H,3,5,7,9-10,12-13H2,1-2H3,(H,21,23)(H,22,24);1H. The maximum Gasteiger partial charge on any atom is 0.243 e. The molecule has 2 rings (SSSR count). The van der Waals surface area contributed by atoms with Crippen LogP contribution >= 0.6 is 12.4 Å². The first-order valence-electron chi connectivity index (χ1n) is 8.94. The van der Waals surface area contributed by atoms with Gasteiger partial charge in [-0.05, 0) is 61.9 Å². The molecule has 0 bridgehead atoms. The van der Waals surface area contributed by atoms with Crippen molar-refractivity contribution in [3.63, 3.8) is 0 Å². The van der Waals surface area contributed by atoms with Crippen LogP contribution in [0.15, 0.2) is 24.3 Å². The smallest absolute Gasteiger partial charge is 0.243 e. The van der Waals surface area contributed by atoms with E-state index in [1.807, 2.05) is 24.3 Å². The number of anilines is 1. The molecule has 1 aromatic rings. The summed E-state index contributed by atoms with van der Waals surface area (Å²) in [6.07, 6.45) is 3.75. The topological polar surface area (TPSA) is 70.2 Å². The lowest BCUT2D eigenvalue weighted by atomic mass is 9.85. The molecule has 1 aromatic carbocycles. The molecule has 140 valence electrons. The molecule has 1 fully saturated rings. The van der Waals surface area contributed by atoms with Crippen LogP contribution in [0.2, 0.25) is 0 Å². The number of carbonyl (C=O) groups is 2. The highest BCUT2D eigenvalue weighted by Crippen LogP contribution is 2.22. The number of piperidine rings is 1. The molecular formula is C19H30ClN3O2. The number of carbonyl (C=O) groups excluding carboxylic acids is 2. The number of halogens is 1. The SMILES string of the molecule is CCc1cccc(NC(=O)CNC(=O)CC(C)C2CCCNC2)c1.Cl. The van der Waals surface area contributed by atoms with Crippen LogP contribution in [0.3, 0.4) is 0 Å². The number of benzene rings is 1. The van der Waals surface area contributed by atoms with E-state index in [-0.39, 0.29) is 30.8 Å². The molecule has 1 heterocycles. The summed E-state index contributed by atoms with van der Waals surface area (Å²) in [6.45, 7) is 6.28. The Bertz CT molecular complexity index is 559. The van der Waals surface area contributed by atoms with Gasteiger partial charge in [0.25, 0.3) is 0 Å². The summed E-state index contributed by atoms with van der Waals surface area (Å²) in [5.41, 5.74) is 1.95. The molecule has 5 nitrogen and oxygen atoms in total. The van der Waals surface area contributed by atoms with Crippen molar-refractivity contribution in [3.05, 3.63) is 29.8 Å². The first-order valence-corrected chi connectivity index (χ1v) is 8.94. The predicted octanol–water partition coefficient (Wildman–Crippen LogP) is 2.75. The fourth-order valence-electron chi connectivity index (χ4n) is 3.15. The lowest BCUT2D eigenvalue weighted by Crippen LogP contribution is -2.37. The molecule has 0 saturated carbocycles. The zero-order valence-corrected chi connectivity index (χ0v) is 16.0. The molecule has 1 aliphatic rings. The summed E-state index contributed by atoms with van der Waals surface area (Å²) in [5, 5.41) is 8.93. The van der Waals surface area contributed by atoms with Crippen molar-refractivity contribution in [2.75, 3.05) is 25.0 Å². The largest absolute Gasteiger partial charge is 0.347 e. The maximum absolute atomic E-state index is 12.0. The summed E-state index contributed by atoms with van der Waals surface area (Å²) < 4.78 is 0. The monoisotopic (exact) mass is 367 g/mol. The molecule has 0 radical (unpaired) electrons. The highest BCUT2D eigenvalue weighted by atomic mass is 35.5. The van der Waals surface area contributed by atoms with Crippen LogP contribution in [0, 0.1) is 11.8 Å². The van der Waals surface area contributed by atoms with Crippen molar-refractivity contribution in [3.8, 4) is 0 Å². The van der Waals surface area contributed by atoms with Crippen molar-refractivity contribution < 1.29 is 9.59 Å². The Balaban J connectivity index is 0.00000312. The molecule has 0 aliphatic carbocycles. The number of hydrogen-bond donors (Lipinski definition) is 3. The minimum Gasteiger partial charge on any atom is -0.347 e. The van der Waals surface area contributed by atoms with E-state index < -0.39 is 0 Å². The van der Waals surface area contributed by atoms with Crippen LogP contribution in [0.25, 0.3) is 0 Å². The normalized spacial score (nSPS) is 17.9. The van der Waals surface area contributed by atoms with Gasteiger partial charge in [0.2, 0.25) is 11.8 Å². The molecule has 3 N–H and O–H groups in total. The highest BCUT2D eigenvalue weighted by molar-refractivity contribution is 5.94. The van der Waals surface area contributed by atoms with E-state index in [1.54, 1.807) is 0 Å².